The Labute approximate surface area is 111 Å². The highest BCUT2D eigenvalue weighted by Crippen LogP contribution is 2.18. The molecule has 2 rings (SSSR count). The van der Waals surface area contributed by atoms with Crippen molar-refractivity contribution in [1.29, 1.82) is 0 Å². The van der Waals surface area contributed by atoms with Gasteiger partial charge in [0.1, 0.15) is 0 Å². The Morgan fingerprint density at radius 3 is 2.89 bits per heavy atom. The predicted molar refractivity (Wildman–Crippen MR) is 70.6 cm³/mol. The highest BCUT2D eigenvalue weighted by Gasteiger charge is 2.13. The molecule has 0 fully saturated rings. The Hall–Kier alpha value is -1.39. The van der Waals surface area contributed by atoms with Crippen molar-refractivity contribution in [2.75, 3.05) is 6.54 Å². The third kappa shape index (κ3) is 3.09. The maximum atomic E-state index is 6.09. The molecule has 0 aliphatic heterocycles. The van der Waals surface area contributed by atoms with E-state index in [1.54, 1.807) is 0 Å². The number of benzene rings is 1. The van der Waals surface area contributed by atoms with Gasteiger partial charge >= 0.3 is 0 Å². The lowest BCUT2D eigenvalue weighted by Crippen LogP contribution is -2.17. The molecule has 1 aromatic carbocycles. The van der Waals surface area contributed by atoms with Gasteiger partial charge in [0.25, 0.3) is 0 Å². The van der Waals surface area contributed by atoms with E-state index in [2.05, 4.69) is 15.5 Å². The Morgan fingerprint density at radius 2 is 2.17 bits per heavy atom. The first-order valence-corrected chi connectivity index (χ1v) is 6.37. The van der Waals surface area contributed by atoms with E-state index >= 15 is 0 Å². The summed E-state index contributed by atoms with van der Waals surface area (Å²) in [7, 11) is 0. The van der Waals surface area contributed by atoms with E-state index in [4.69, 9.17) is 16.1 Å². The molecule has 0 aliphatic rings. The normalized spacial score (nSPS) is 12.6. The van der Waals surface area contributed by atoms with E-state index < -0.39 is 0 Å². The van der Waals surface area contributed by atoms with E-state index in [0.29, 0.717) is 18.1 Å². The Bertz CT molecular complexity index is 512. The lowest BCUT2D eigenvalue weighted by Gasteiger charge is -2.05. The van der Waals surface area contributed by atoms with Gasteiger partial charge in [0.05, 0.1) is 6.04 Å². The van der Waals surface area contributed by atoms with E-state index in [1.165, 1.54) is 0 Å². The molecule has 0 spiro atoms. The molecular weight excluding hydrogens is 250 g/mol. The molecule has 0 saturated heterocycles. The highest BCUT2D eigenvalue weighted by molar-refractivity contribution is 6.31. The van der Waals surface area contributed by atoms with Gasteiger partial charge in [0.15, 0.2) is 5.82 Å². The fourth-order valence-corrected chi connectivity index (χ4v) is 1.92. The second-order valence-electron chi connectivity index (χ2n) is 4.10. The van der Waals surface area contributed by atoms with Gasteiger partial charge in [0.2, 0.25) is 5.89 Å². The standard InChI is InChI=1S/C13H16ClN3O/c1-3-15-9(2)13-16-12(17-18-13)8-10-6-4-5-7-11(10)14/h4-7,9,15H,3,8H2,1-2H3. The molecule has 1 N–H and O–H groups in total. The van der Waals surface area contributed by atoms with Crippen molar-refractivity contribution < 1.29 is 4.52 Å². The number of hydrogen-bond donors (Lipinski definition) is 1. The molecule has 4 nitrogen and oxygen atoms in total. The van der Waals surface area contributed by atoms with Gasteiger partial charge < -0.3 is 9.84 Å². The zero-order valence-electron chi connectivity index (χ0n) is 10.5. The van der Waals surface area contributed by atoms with Crippen molar-refractivity contribution in [2.24, 2.45) is 0 Å². The van der Waals surface area contributed by atoms with Crippen LogP contribution in [0.2, 0.25) is 5.02 Å². The van der Waals surface area contributed by atoms with Crippen LogP contribution in [0.15, 0.2) is 28.8 Å². The maximum Gasteiger partial charge on any atom is 0.243 e. The molecule has 0 amide bonds. The fraction of sp³-hybridized carbons (Fsp3) is 0.385. The summed E-state index contributed by atoms with van der Waals surface area (Å²) in [5, 5.41) is 7.92. The average Bonchev–Trinajstić information content (AvgIpc) is 2.81. The third-order valence-corrected chi connectivity index (χ3v) is 3.04. The Kier molecular flexibility index (Phi) is 4.33. The van der Waals surface area contributed by atoms with Gasteiger partial charge in [-0.05, 0) is 25.1 Å². The third-order valence-electron chi connectivity index (χ3n) is 2.67. The highest BCUT2D eigenvalue weighted by atomic mass is 35.5. The van der Waals surface area contributed by atoms with Crippen molar-refractivity contribution in [3.05, 3.63) is 46.6 Å². The first-order valence-electron chi connectivity index (χ1n) is 6.00. The Balaban J connectivity index is 2.09. The Morgan fingerprint density at radius 1 is 1.39 bits per heavy atom. The van der Waals surface area contributed by atoms with Crippen molar-refractivity contribution >= 4 is 11.6 Å². The number of nitrogens with one attached hydrogen (secondary N) is 1. The number of rotatable bonds is 5. The van der Waals surface area contributed by atoms with Gasteiger partial charge in [0, 0.05) is 11.4 Å². The van der Waals surface area contributed by atoms with Gasteiger partial charge in [-0.15, -0.1) is 0 Å². The van der Waals surface area contributed by atoms with E-state index in [1.807, 2.05) is 38.1 Å². The van der Waals surface area contributed by atoms with Crippen LogP contribution in [0.3, 0.4) is 0 Å². The predicted octanol–water partition coefficient (Wildman–Crippen LogP) is 2.98. The van der Waals surface area contributed by atoms with Crippen LogP contribution >= 0.6 is 11.6 Å². The summed E-state index contributed by atoms with van der Waals surface area (Å²) >= 11 is 6.09. The number of aromatic nitrogens is 2. The fourth-order valence-electron chi connectivity index (χ4n) is 1.72. The smallest absolute Gasteiger partial charge is 0.243 e. The summed E-state index contributed by atoms with van der Waals surface area (Å²) < 4.78 is 5.22. The second kappa shape index (κ2) is 5.98. The van der Waals surface area contributed by atoms with Crippen molar-refractivity contribution in [3.8, 4) is 0 Å². The van der Waals surface area contributed by atoms with Crippen LogP contribution in [0, 0.1) is 0 Å². The molecule has 1 unspecified atom stereocenters. The van der Waals surface area contributed by atoms with E-state index in [0.717, 1.165) is 17.1 Å². The van der Waals surface area contributed by atoms with Crippen molar-refractivity contribution in [2.45, 2.75) is 26.3 Å². The summed E-state index contributed by atoms with van der Waals surface area (Å²) in [5.74, 6) is 1.27. The lowest BCUT2D eigenvalue weighted by atomic mass is 10.1. The van der Waals surface area contributed by atoms with Crippen LogP contribution < -0.4 is 5.32 Å². The number of hydrogen-bond acceptors (Lipinski definition) is 4. The van der Waals surface area contributed by atoms with Crippen LogP contribution in [-0.2, 0) is 6.42 Å². The average molecular weight is 266 g/mol. The van der Waals surface area contributed by atoms with Gasteiger partial charge in [-0.3, -0.25) is 0 Å². The van der Waals surface area contributed by atoms with Crippen LogP contribution in [0.25, 0.3) is 0 Å². The summed E-state index contributed by atoms with van der Waals surface area (Å²) in [4.78, 5) is 4.37. The zero-order valence-corrected chi connectivity index (χ0v) is 11.2. The molecular formula is C13H16ClN3O. The van der Waals surface area contributed by atoms with Crippen LogP contribution in [0.4, 0.5) is 0 Å². The monoisotopic (exact) mass is 265 g/mol. The molecule has 5 heteroatoms. The molecule has 0 radical (unpaired) electrons. The summed E-state index contributed by atoms with van der Waals surface area (Å²) in [5.41, 5.74) is 1.00. The van der Waals surface area contributed by atoms with Gasteiger partial charge in [-0.1, -0.05) is 41.9 Å². The molecule has 2 aromatic rings. The summed E-state index contributed by atoms with van der Waals surface area (Å²) in [6.07, 6.45) is 0.585. The molecule has 1 atom stereocenters. The quantitative estimate of drug-likeness (QED) is 0.903. The van der Waals surface area contributed by atoms with Gasteiger partial charge in [-0.25, -0.2) is 0 Å². The first kappa shape index (κ1) is 13.1. The second-order valence-corrected chi connectivity index (χ2v) is 4.50. The van der Waals surface area contributed by atoms with E-state index in [9.17, 15) is 0 Å². The topological polar surface area (TPSA) is 51.0 Å². The first-order chi connectivity index (χ1) is 8.70. The van der Waals surface area contributed by atoms with Crippen LogP contribution in [0.5, 0.6) is 0 Å². The summed E-state index contributed by atoms with van der Waals surface area (Å²) in [6.45, 7) is 4.90. The van der Waals surface area contributed by atoms with Crippen LogP contribution in [-0.4, -0.2) is 16.7 Å². The van der Waals surface area contributed by atoms with Crippen molar-refractivity contribution in [1.82, 2.24) is 15.5 Å². The number of nitrogens with zero attached hydrogens (tertiary/aromatic N) is 2. The van der Waals surface area contributed by atoms with Crippen LogP contribution in [0.1, 0.15) is 37.2 Å². The molecule has 0 bridgehead atoms. The molecule has 0 aliphatic carbocycles. The molecule has 0 saturated carbocycles. The molecule has 18 heavy (non-hydrogen) atoms. The molecule has 1 aromatic heterocycles. The van der Waals surface area contributed by atoms with E-state index in [-0.39, 0.29) is 6.04 Å². The lowest BCUT2D eigenvalue weighted by molar-refractivity contribution is 0.339. The minimum Gasteiger partial charge on any atom is -0.338 e. The number of halogens is 1. The van der Waals surface area contributed by atoms with Crippen molar-refractivity contribution in [3.63, 3.8) is 0 Å². The van der Waals surface area contributed by atoms with Gasteiger partial charge in [-0.2, -0.15) is 4.98 Å². The largest absolute Gasteiger partial charge is 0.338 e. The molecule has 96 valence electrons. The maximum absolute atomic E-state index is 6.09. The minimum absolute atomic E-state index is 0.0718. The zero-order chi connectivity index (χ0) is 13.0. The minimum atomic E-state index is 0.0718. The molecule has 1 heterocycles. The summed E-state index contributed by atoms with van der Waals surface area (Å²) in [6, 6.07) is 7.75. The SMILES string of the molecule is CCNC(C)c1nc(Cc2ccccc2Cl)no1.